The van der Waals surface area contributed by atoms with E-state index in [0.29, 0.717) is 25.4 Å². The van der Waals surface area contributed by atoms with Crippen molar-refractivity contribution in [2.75, 3.05) is 26.3 Å². The number of amides is 1. The van der Waals surface area contributed by atoms with Crippen LogP contribution in [0.4, 0.5) is 13.2 Å². The van der Waals surface area contributed by atoms with Gasteiger partial charge in [0, 0.05) is 12.1 Å². The van der Waals surface area contributed by atoms with Crippen molar-refractivity contribution in [2.24, 2.45) is 0 Å². The number of nitrogens with zero attached hydrogens (tertiary/aromatic N) is 1. The molecule has 0 saturated heterocycles. The highest BCUT2D eigenvalue weighted by molar-refractivity contribution is 6.32. The summed E-state index contributed by atoms with van der Waals surface area (Å²) < 4.78 is 49.1. The van der Waals surface area contributed by atoms with Crippen LogP contribution in [0.3, 0.4) is 0 Å². The van der Waals surface area contributed by atoms with Gasteiger partial charge in [0.15, 0.2) is 11.5 Å². The van der Waals surface area contributed by atoms with Gasteiger partial charge in [0.05, 0.1) is 18.2 Å². The lowest BCUT2D eigenvalue weighted by molar-refractivity contribution is -0.140. The van der Waals surface area contributed by atoms with Crippen molar-refractivity contribution >= 4 is 17.5 Å². The van der Waals surface area contributed by atoms with Crippen molar-refractivity contribution in [1.29, 1.82) is 0 Å². The number of benzene rings is 1. The van der Waals surface area contributed by atoms with E-state index in [9.17, 15) is 18.0 Å². The molecule has 0 aliphatic carbocycles. The number of hydrogen-bond acceptors (Lipinski definition) is 3. The summed E-state index contributed by atoms with van der Waals surface area (Å²) in [6, 6.07) is 2.69. The highest BCUT2D eigenvalue weighted by Gasteiger charge is 2.33. The molecule has 0 aromatic heterocycles. The smallest absolute Gasteiger partial charge is 0.406 e. The molecule has 0 aliphatic rings. The van der Waals surface area contributed by atoms with Crippen LogP contribution in [0.2, 0.25) is 5.02 Å². The maximum Gasteiger partial charge on any atom is 0.406 e. The first-order valence-corrected chi connectivity index (χ1v) is 8.56. The number of carbonyl (C=O) groups excluding carboxylic acids is 1. The van der Waals surface area contributed by atoms with E-state index >= 15 is 0 Å². The van der Waals surface area contributed by atoms with Crippen LogP contribution in [0.15, 0.2) is 12.1 Å². The van der Waals surface area contributed by atoms with Crippen molar-refractivity contribution in [3.8, 4) is 11.5 Å². The highest BCUT2D eigenvalue weighted by atomic mass is 35.5. The first-order valence-electron chi connectivity index (χ1n) is 8.18. The molecule has 142 valence electrons. The zero-order chi connectivity index (χ0) is 19.0. The minimum Gasteiger partial charge on any atom is -0.490 e. The SMILES string of the molecule is CCCOc1c(Cl)cc(C(=O)N(CCC)CC(F)(F)F)cc1OCC. The van der Waals surface area contributed by atoms with Gasteiger partial charge in [-0.2, -0.15) is 13.2 Å². The Kier molecular flexibility index (Phi) is 8.35. The van der Waals surface area contributed by atoms with Gasteiger partial charge in [-0.1, -0.05) is 25.4 Å². The summed E-state index contributed by atoms with van der Waals surface area (Å²) in [5, 5.41) is 0.131. The second kappa shape index (κ2) is 9.75. The fourth-order valence-electron chi connectivity index (χ4n) is 2.22. The first-order chi connectivity index (χ1) is 11.7. The zero-order valence-corrected chi connectivity index (χ0v) is 15.3. The molecule has 0 N–H and O–H groups in total. The van der Waals surface area contributed by atoms with E-state index in [1.807, 2.05) is 6.92 Å². The van der Waals surface area contributed by atoms with E-state index in [2.05, 4.69) is 0 Å². The summed E-state index contributed by atoms with van der Waals surface area (Å²) in [5.41, 5.74) is 0.0370. The maximum absolute atomic E-state index is 12.7. The summed E-state index contributed by atoms with van der Waals surface area (Å²) >= 11 is 6.17. The molecular weight excluding hydrogens is 359 g/mol. The monoisotopic (exact) mass is 381 g/mol. The molecule has 0 saturated carbocycles. The van der Waals surface area contributed by atoms with Crippen LogP contribution in [0.5, 0.6) is 11.5 Å². The maximum atomic E-state index is 12.7. The summed E-state index contributed by atoms with van der Waals surface area (Å²) in [4.78, 5) is 13.3. The van der Waals surface area contributed by atoms with Crippen LogP contribution in [0, 0.1) is 0 Å². The van der Waals surface area contributed by atoms with Crippen LogP contribution in [-0.4, -0.2) is 43.3 Å². The Bertz CT molecular complexity index is 579. The number of alkyl halides is 3. The molecule has 0 heterocycles. The lowest BCUT2D eigenvalue weighted by Gasteiger charge is -2.24. The van der Waals surface area contributed by atoms with E-state index in [4.69, 9.17) is 21.1 Å². The van der Waals surface area contributed by atoms with Crippen LogP contribution in [-0.2, 0) is 0 Å². The predicted molar refractivity (Wildman–Crippen MR) is 90.7 cm³/mol. The molecule has 4 nitrogen and oxygen atoms in total. The molecule has 0 atom stereocenters. The second-order valence-electron chi connectivity index (χ2n) is 5.41. The highest BCUT2D eigenvalue weighted by Crippen LogP contribution is 2.37. The van der Waals surface area contributed by atoms with Crippen molar-refractivity contribution < 1.29 is 27.4 Å². The van der Waals surface area contributed by atoms with Gasteiger partial charge in [-0.3, -0.25) is 4.79 Å². The minimum atomic E-state index is -4.47. The molecular formula is C17H23ClF3NO3. The Morgan fingerprint density at radius 1 is 1.16 bits per heavy atom. The molecule has 8 heteroatoms. The minimum absolute atomic E-state index is 0.00594. The van der Waals surface area contributed by atoms with Gasteiger partial charge >= 0.3 is 6.18 Å². The van der Waals surface area contributed by atoms with Gasteiger partial charge in [-0.05, 0) is 31.9 Å². The van der Waals surface area contributed by atoms with Crippen molar-refractivity contribution in [2.45, 2.75) is 39.8 Å². The molecule has 1 amide bonds. The summed E-state index contributed by atoms with van der Waals surface area (Å²) in [6.07, 6.45) is -3.31. The number of carbonyl (C=O) groups is 1. The molecule has 1 rings (SSSR count). The number of halogens is 4. The van der Waals surface area contributed by atoms with Crippen molar-refractivity contribution in [3.63, 3.8) is 0 Å². The van der Waals surface area contributed by atoms with Crippen LogP contribution < -0.4 is 9.47 Å². The Balaban J connectivity index is 3.18. The van der Waals surface area contributed by atoms with Gasteiger partial charge in [0.25, 0.3) is 5.91 Å². The lowest BCUT2D eigenvalue weighted by atomic mass is 10.1. The van der Waals surface area contributed by atoms with Gasteiger partial charge in [0.1, 0.15) is 6.54 Å². The molecule has 0 unspecified atom stereocenters. The summed E-state index contributed by atoms with van der Waals surface area (Å²) in [7, 11) is 0. The van der Waals surface area contributed by atoms with Gasteiger partial charge < -0.3 is 14.4 Å². The largest absolute Gasteiger partial charge is 0.490 e. The van der Waals surface area contributed by atoms with E-state index in [1.54, 1.807) is 13.8 Å². The number of hydrogen-bond donors (Lipinski definition) is 0. The van der Waals surface area contributed by atoms with Gasteiger partial charge in [-0.15, -0.1) is 0 Å². The lowest BCUT2D eigenvalue weighted by Crippen LogP contribution is -2.39. The fourth-order valence-corrected chi connectivity index (χ4v) is 2.49. The molecule has 1 aromatic rings. The van der Waals surface area contributed by atoms with E-state index in [-0.39, 0.29) is 22.9 Å². The van der Waals surface area contributed by atoms with Crippen LogP contribution in [0.25, 0.3) is 0 Å². The Morgan fingerprint density at radius 2 is 1.84 bits per heavy atom. The van der Waals surface area contributed by atoms with Gasteiger partial charge in [0.2, 0.25) is 0 Å². The van der Waals surface area contributed by atoms with Crippen LogP contribution >= 0.6 is 11.6 Å². The quantitative estimate of drug-likeness (QED) is 0.608. The summed E-state index contributed by atoms with van der Waals surface area (Å²) in [6.45, 7) is 4.77. The Morgan fingerprint density at radius 3 is 2.36 bits per heavy atom. The molecule has 0 radical (unpaired) electrons. The van der Waals surface area contributed by atoms with Crippen molar-refractivity contribution in [1.82, 2.24) is 4.90 Å². The Hall–Kier alpha value is -1.63. The third kappa shape index (κ3) is 6.65. The first kappa shape index (κ1) is 21.4. The number of rotatable bonds is 9. The van der Waals surface area contributed by atoms with Crippen molar-refractivity contribution in [3.05, 3.63) is 22.7 Å². The van der Waals surface area contributed by atoms with Crippen LogP contribution in [0.1, 0.15) is 44.0 Å². The average Bonchev–Trinajstić information content (AvgIpc) is 2.52. The van der Waals surface area contributed by atoms with Gasteiger partial charge in [-0.25, -0.2) is 0 Å². The zero-order valence-electron chi connectivity index (χ0n) is 14.6. The molecule has 0 spiro atoms. The number of ether oxygens (including phenoxy) is 2. The molecule has 25 heavy (non-hydrogen) atoms. The van der Waals surface area contributed by atoms with E-state index in [0.717, 1.165) is 11.3 Å². The predicted octanol–water partition coefficient (Wildman–Crippen LogP) is 4.94. The standard InChI is InChI=1S/C17H23ClF3NO3/c1-4-7-22(11-17(19,20)21)16(23)12-9-13(18)15(25-8-5-2)14(10-12)24-6-3/h9-10H,4-8,11H2,1-3H3. The topological polar surface area (TPSA) is 38.8 Å². The normalized spacial score (nSPS) is 11.3. The Labute approximate surface area is 150 Å². The van der Waals surface area contributed by atoms with E-state index < -0.39 is 18.6 Å². The third-order valence-corrected chi connectivity index (χ3v) is 3.44. The third-order valence-electron chi connectivity index (χ3n) is 3.16. The molecule has 0 bridgehead atoms. The average molecular weight is 382 g/mol. The molecule has 0 fully saturated rings. The second-order valence-corrected chi connectivity index (χ2v) is 5.82. The van der Waals surface area contributed by atoms with E-state index in [1.165, 1.54) is 12.1 Å². The summed E-state index contributed by atoms with van der Waals surface area (Å²) in [5.74, 6) is -0.209. The molecule has 0 aliphatic heterocycles. The fraction of sp³-hybridized carbons (Fsp3) is 0.588. The molecule has 1 aromatic carbocycles.